The molecule has 2 N–H and O–H groups in total. The number of piperidine rings is 1. The molecule has 2 fully saturated rings. The minimum atomic E-state index is -0.397. The number of ether oxygens (including phenoxy) is 2. The second kappa shape index (κ2) is 9.06. The highest BCUT2D eigenvalue weighted by Crippen LogP contribution is 2.29. The van der Waals surface area contributed by atoms with Crippen molar-refractivity contribution in [1.29, 1.82) is 0 Å². The van der Waals surface area contributed by atoms with E-state index in [0.717, 1.165) is 32.1 Å². The summed E-state index contributed by atoms with van der Waals surface area (Å²) in [5.41, 5.74) is 0. The van der Waals surface area contributed by atoms with E-state index in [4.69, 9.17) is 9.47 Å². The molecule has 0 spiro atoms. The first-order chi connectivity index (χ1) is 10.2. The molecule has 0 saturated carbocycles. The second-order valence-electron chi connectivity index (χ2n) is 6.55. The van der Waals surface area contributed by atoms with Gasteiger partial charge >= 0.3 is 0 Å². The SMILES string of the molecule is COCC(C)OCC(O)CN1CCCC1C1CCNCC1. The topological polar surface area (TPSA) is 54.0 Å². The van der Waals surface area contributed by atoms with E-state index < -0.39 is 6.10 Å². The van der Waals surface area contributed by atoms with Crippen molar-refractivity contribution in [3.8, 4) is 0 Å². The zero-order chi connectivity index (χ0) is 15.1. The van der Waals surface area contributed by atoms with Crippen molar-refractivity contribution in [2.45, 2.75) is 50.9 Å². The van der Waals surface area contributed by atoms with E-state index in [1.807, 2.05) is 6.92 Å². The Hall–Kier alpha value is -0.200. The molecular formula is C16H32N2O3. The highest BCUT2D eigenvalue weighted by Gasteiger charge is 2.33. The van der Waals surface area contributed by atoms with Gasteiger partial charge in [0.1, 0.15) is 0 Å². The molecule has 0 radical (unpaired) electrons. The van der Waals surface area contributed by atoms with Crippen LogP contribution in [0.5, 0.6) is 0 Å². The molecular weight excluding hydrogens is 268 g/mol. The van der Waals surface area contributed by atoms with Crippen molar-refractivity contribution >= 4 is 0 Å². The Labute approximate surface area is 129 Å². The Bertz CT molecular complexity index is 285. The molecule has 0 aromatic rings. The van der Waals surface area contributed by atoms with Gasteiger partial charge in [-0.3, -0.25) is 4.90 Å². The molecule has 2 aliphatic rings. The van der Waals surface area contributed by atoms with Gasteiger partial charge in [0.05, 0.1) is 25.4 Å². The van der Waals surface area contributed by atoms with Gasteiger partial charge in [-0.15, -0.1) is 0 Å². The van der Waals surface area contributed by atoms with Gasteiger partial charge < -0.3 is 19.9 Å². The molecule has 2 aliphatic heterocycles. The van der Waals surface area contributed by atoms with Crippen LogP contribution >= 0.6 is 0 Å². The molecule has 2 rings (SSSR count). The van der Waals surface area contributed by atoms with Crippen LogP contribution in [0.4, 0.5) is 0 Å². The van der Waals surface area contributed by atoms with E-state index in [0.29, 0.717) is 19.3 Å². The van der Waals surface area contributed by atoms with Gasteiger partial charge in [0.25, 0.3) is 0 Å². The summed E-state index contributed by atoms with van der Waals surface area (Å²) in [5.74, 6) is 0.800. The molecule has 124 valence electrons. The maximum Gasteiger partial charge on any atom is 0.0900 e. The van der Waals surface area contributed by atoms with Crippen LogP contribution in [0.2, 0.25) is 0 Å². The summed E-state index contributed by atoms with van der Waals surface area (Å²) in [6.07, 6.45) is 4.76. The summed E-state index contributed by atoms with van der Waals surface area (Å²) >= 11 is 0. The highest BCUT2D eigenvalue weighted by atomic mass is 16.5. The van der Waals surface area contributed by atoms with Gasteiger partial charge in [-0.05, 0) is 58.2 Å². The standard InChI is InChI=1S/C16H32N2O3/c1-13(11-20-2)21-12-15(19)10-18-9-3-4-16(18)14-5-7-17-8-6-14/h13-17,19H,3-12H2,1-2H3. The Morgan fingerprint density at radius 2 is 2.00 bits per heavy atom. The zero-order valence-corrected chi connectivity index (χ0v) is 13.6. The molecule has 0 aromatic heterocycles. The van der Waals surface area contributed by atoms with Gasteiger partial charge in [-0.2, -0.15) is 0 Å². The summed E-state index contributed by atoms with van der Waals surface area (Å²) in [6, 6.07) is 0.665. The lowest BCUT2D eigenvalue weighted by atomic mass is 9.88. The normalized spacial score (nSPS) is 27.9. The number of hydrogen-bond acceptors (Lipinski definition) is 5. The molecule has 5 nitrogen and oxygen atoms in total. The second-order valence-corrected chi connectivity index (χ2v) is 6.55. The zero-order valence-electron chi connectivity index (χ0n) is 13.6. The van der Waals surface area contributed by atoms with Gasteiger partial charge in [-0.1, -0.05) is 0 Å². The summed E-state index contributed by atoms with van der Waals surface area (Å²) in [5, 5.41) is 13.7. The summed E-state index contributed by atoms with van der Waals surface area (Å²) in [7, 11) is 1.67. The van der Waals surface area contributed by atoms with Crippen LogP contribution in [-0.2, 0) is 9.47 Å². The van der Waals surface area contributed by atoms with Crippen molar-refractivity contribution in [2.75, 3.05) is 46.5 Å². The maximum atomic E-state index is 10.2. The average Bonchev–Trinajstić information content (AvgIpc) is 2.94. The molecule has 0 aromatic carbocycles. The number of methoxy groups -OCH3 is 1. The predicted molar refractivity (Wildman–Crippen MR) is 83.5 cm³/mol. The van der Waals surface area contributed by atoms with E-state index in [1.54, 1.807) is 7.11 Å². The molecule has 0 bridgehead atoms. The third kappa shape index (κ3) is 5.49. The summed E-state index contributed by atoms with van der Waals surface area (Å²) in [4.78, 5) is 2.49. The van der Waals surface area contributed by atoms with Gasteiger partial charge in [0, 0.05) is 19.7 Å². The monoisotopic (exact) mass is 300 g/mol. The Morgan fingerprint density at radius 1 is 1.24 bits per heavy atom. The molecule has 2 saturated heterocycles. The third-order valence-corrected chi connectivity index (χ3v) is 4.76. The largest absolute Gasteiger partial charge is 0.389 e. The van der Waals surface area contributed by atoms with E-state index in [2.05, 4.69) is 10.2 Å². The van der Waals surface area contributed by atoms with Crippen molar-refractivity contribution in [1.82, 2.24) is 10.2 Å². The fraction of sp³-hybridized carbons (Fsp3) is 1.00. The van der Waals surface area contributed by atoms with Gasteiger partial charge in [-0.25, -0.2) is 0 Å². The minimum absolute atomic E-state index is 0.0449. The lowest BCUT2D eigenvalue weighted by molar-refractivity contribution is -0.0425. The van der Waals surface area contributed by atoms with Crippen molar-refractivity contribution < 1.29 is 14.6 Å². The van der Waals surface area contributed by atoms with Gasteiger partial charge in [0.15, 0.2) is 0 Å². The number of nitrogens with one attached hydrogen (secondary N) is 1. The Kier molecular flexibility index (Phi) is 7.40. The first kappa shape index (κ1) is 17.2. The number of likely N-dealkylation sites (tertiary alicyclic amines) is 1. The smallest absolute Gasteiger partial charge is 0.0900 e. The first-order valence-corrected chi connectivity index (χ1v) is 8.44. The van der Waals surface area contributed by atoms with E-state index in [-0.39, 0.29) is 6.10 Å². The molecule has 3 atom stereocenters. The fourth-order valence-corrected chi connectivity index (χ4v) is 3.72. The summed E-state index contributed by atoms with van der Waals surface area (Å²) < 4.78 is 10.7. The molecule has 3 unspecified atom stereocenters. The highest BCUT2D eigenvalue weighted by molar-refractivity contribution is 4.88. The van der Waals surface area contributed by atoms with Gasteiger partial charge in [0.2, 0.25) is 0 Å². The van der Waals surface area contributed by atoms with Crippen molar-refractivity contribution in [3.05, 3.63) is 0 Å². The summed E-state index contributed by atoms with van der Waals surface area (Å²) in [6.45, 7) is 7.12. The number of nitrogens with zero attached hydrogens (tertiary/aromatic N) is 1. The van der Waals surface area contributed by atoms with Crippen molar-refractivity contribution in [2.24, 2.45) is 5.92 Å². The molecule has 0 amide bonds. The van der Waals surface area contributed by atoms with Crippen LogP contribution in [0.3, 0.4) is 0 Å². The molecule has 5 heteroatoms. The molecule has 21 heavy (non-hydrogen) atoms. The van der Waals surface area contributed by atoms with Crippen molar-refractivity contribution in [3.63, 3.8) is 0 Å². The number of rotatable bonds is 8. The number of β-amino-alcohol motifs (C(OH)–C–C–N with tert-alkyl or cyclic N) is 1. The van der Waals surface area contributed by atoms with E-state index in [9.17, 15) is 5.11 Å². The molecule has 0 aliphatic carbocycles. The van der Waals surface area contributed by atoms with Crippen LogP contribution < -0.4 is 5.32 Å². The van der Waals surface area contributed by atoms with Crippen LogP contribution in [0, 0.1) is 5.92 Å². The molecule has 2 heterocycles. The number of aliphatic hydroxyl groups excluding tert-OH is 1. The van der Waals surface area contributed by atoms with Crippen LogP contribution in [-0.4, -0.2) is 74.8 Å². The van der Waals surface area contributed by atoms with Crippen LogP contribution in [0.25, 0.3) is 0 Å². The van der Waals surface area contributed by atoms with Crippen LogP contribution in [0.15, 0.2) is 0 Å². The lowest BCUT2D eigenvalue weighted by Gasteiger charge is -2.35. The number of hydrogen-bond donors (Lipinski definition) is 2. The fourth-order valence-electron chi connectivity index (χ4n) is 3.72. The number of aliphatic hydroxyl groups is 1. The minimum Gasteiger partial charge on any atom is -0.389 e. The average molecular weight is 300 g/mol. The Balaban J connectivity index is 1.72. The predicted octanol–water partition coefficient (Wildman–Crippen LogP) is 0.863. The Morgan fingerprint density at radius 3 is 2.71 bits per heavy atom. The third-order valence-electron chi connectivity index (χ3n) is 4.76. The lowest BCUT2D eigenvalue weighted by Crippen LogP contribution is -2.44. The van der Waals surface area contributed by atoms with E-state index >= 15 is 0 Å². The van der Waals surface area contributed by atoms with Crippen LogP contribution in [0.1, 0.15) is 32.6 Å². The first-order valence-electron chi connectivity index (χ1n) is 8.44. The quantitative estimate of drug-likeness (QED) is 0.696. The van der Waals surface area contributed by atoms with E-state index in [1.165, 1.54) is 25.7 Å². The maximum absolute atomic E-state index is 10.2.